The molecule has 0 unspecified atom stereocenters. The fourth-order valence-electron chi connectivity index (χ4n) is 1.62. The number of sulfonamides is 1. The standard InChI is InChI=1S/C12H12N2O5S2/c1-14(8-3-5-9(19-2)6-4-8)21(17,18)12-10(11(15)16)13-7-20-12/h3-7H,1-2H3,(H,15,16). The van der Waals surface area contributed by atoms with E-state index in [1.807, 2.05) is 0 Å². The Balaban J connectivity index is 2.42. The minimum absolute atomic E-state index is 0.298. The van der Waals surface area contributed by atoms with Gasteiger partial charge in [0.1, 0.15) is 5.75 Å². The van der Waals surface area contributed by atoms with Crippen molar-refractivity contribution in [2.24, 2.45) is 0 Å². The number of rotatable bonds is 5. The molecule has 1 heterocycles. The summed E-state index contributed by atoms with van der Waals surface area (Å²) in [5.74, 6) is -0.786. The predicted octanol–water partition coefficient (Wildman–Crippen LogP) is 1.68. The number of carboxylic acids is 1. The van der Waals surface area contributed by atoms with E-state index in [9.17, 15) is 13.2 Å². The van der Waals surface area contributed by atoms with Gasteiger partial charge in [-0.15, -0.1) is 11.3 Å². The van der Waals surface area contributed by atoms with E-state index in [2.05, 4.69) is 4.98 Å². The van der Waals surface area contributed by atoms with Crippen LogP contribution in [0.25, 0.3) is 0 Å². The second kappa shape index (κ2) is 5.70. The van der Waals surface area contributed by atoms with Crippen LogP contribution in [0.15, 0.2) is 34.0 Å². The second-order valence-corrected chi connectivity index (χ2v) is 6.98. The molecule has 0 atom stereocenters. The number of aromatic carboxylic acids is 1. The van der Waals surface area contributed by atoms with Crippen molar-refractivity contribution in [2.45, 2.75) is 4.21 Å². The highest BCUT2D eigenvalue weighted by molar-refractivity contribution is 7.94. The van der Waals surface area contributed by atoms with Crippen LogP contribution >= 0.6 is 11.3 Å². The van der Waals surface area contributed by atoms with Gasteiger partial charge in [0.25, 0.3) is 10.0 Å². The Morgan fingerprint density at radius 2 is 1.95 bits per heavy atom. The number of thiazole rings is 1. The molecule has 2 aromatic rings. The lowest BCUT2D eigenvalue weighted by Gasteiger charge is -2.18. The lowest BCUT2D eigenvalue weighted by atomic mass is 10.3. The minimum Gasteiger partial charge on any atom is -0.497 e. The van der Waals surface area contributed by atoms with Crippen molar-refractivity contribution >= 4 is 33.0 Å². The van der Waals surface area contributed by atoms with Crippen molar-refractivity contribution in [2.75, 3.05) is 18.5 Å². The van der Waals surface area contributed by atoms with E-state index in [0.29, 0.717) is 11.4 Å². The maximum absolute atomic E-state index is 12.5. The summed E-state index contributed by atoms with van der Waals surface area (Å²) in [6.45, 7) is 0. The van der Waals surface area contributed by atoms with Crippen molar-refractivity contribution in [3.8, 4) is 5.75 Å². The molecule has 2 rings (SSSR count). The maximum Gasteiger partial charge on any atom is 0.356 e. The van der Waals surface area contributed by atoms with Crippen molar-refractivity contribution in [1.29, 1.82) is 0 Å². The molecular formula is C12H12N2O5S2. The second-order valence-electron chi connectivity index (χ2n) is 3.96. The Bertz CT molecular complexity index is 752. The molecule has 7 nitrogen and oxygen atoms in total. The summed E-state index contributed by atoms with van der Waals surface area (Å²) < 4.78 is 30.7. The van der Waals surface area contributed by atoms with Crippen LogP contribution in [0.4, 0.5) is 5.69 Å². The molecule has 0 bridgehead atoms. The highest BCUT2D eigenvalue weighted by Gasteiger charge is 2.29. The zero-order valence-corrected chi connectivity index (χ0v) is 12.8. The van der Waals surface area contributed by atoms with E-state index < -0.39 is 21.7 Å². The van der Waals surface area contributed by atoms with Crippen molar-refractivity contribution in [3.63, 3.8) is 0 Å². The number of carboxylic acid groups (broad SMARTS) is 1. The monoisotopic (exact) mass is 328 g/mol. The van der Waals surface area contributed by atoms with Gasteiger partial charge in [-0.3, -0.25) is 4.31 Å². The van der Waals surface area contributed by atoms with Crippen LogP contribution in [0, 0.1) is 0 Å². The molecule has 0 saturated heterocycles. The molecule has 0 aliphatic rings. The molecule has 1 aromatic heterocycles. The van der Waals surface area contributed by atoms with Crippen molar-refractivity contribution in [3.05, 3.63) is 35.5 Å². The van der Waals surface area contributed by atoms with Gasteiger partial charge in [0.05, 0.1) is 18.3 Å². The van der Waals surface area contributed by atoms with Crippen LogP contribution in [0.5, 0.6) is 5.75 Å². The average Bonchev–Trinajstić information content (AvgIpc) is 2.97. The van der Waals surface area contributed by atoms with Crippen LogP contribution < -0.4 is 9.04 Å². The SMILES string of the molecule is COc1ccc(N(C)S(=O)(=O)c2scnc2C(=O)O)cc1. The Morgan fingerprint density at radius 1 is 1.33 bits per heavy atom. The molecule has 112 valence electrons. The zero-order chi connectivity index (χ0) is 15.6. The molecule has 0 aliphatic carbocycles. The van der Waals surface area contributed by atoms with E-state index in [0.717, 1.165) is 15.6 Å². The summed E-state index contributed by atoms with van der Waals surface area (Å²) in [6, 6.07) is 6.37. The van der Waals surface area contributed by atoms with E-state index >= 15 is 0 Å². The van der Waals surface area contributed by atoms with Gasteiger partial charge in [-0.05, 0) is 24.3 Å². The average molecular weight is 328 g/mol. The normalized spacial score (nSPS) is 11.1. The van der Waals surface area contributed by atoms with Gasteiger partial charge in [-0.1, -0.05) is 0 Å². The number of hydrogen-bond acceptors (Lipinski definition) is 6. The third-order valence-electron chi connectivity index (χ3n) is 2.77. The first-order valence-electron chi connectivity index (χ1n) is 5.67. The summed E-state index contributed by atoms with van der Waals surface area (Å²) in [5.41, 5.74) is 1.11. The minimum atomic E-state index is -3.98. The number of aromatic nitrogens is 1. The van der Waals surface area contributed by atoms with E-state index in [-0.39, 0.29) is 4.21 Å². The van der Waals surface area contributed by atoms with Gasteiger partial charge < -0.3 is 9.84 Å². The van der Waals surface area contributed by atoms with Crippen LogP contribution in [0.1, 0.15) is 10.5 Å². The van der Waals surface area contributed by atoms with Gasteiger partial charge in [0.15, 0.2) is 9.90 Å². The van der Waals surface area contributed by atoms with Gasteiger partial charge in [0, 0.05) is 7.05 Å². The summed E-state index contributed by atoms with van der Waals surface area (Å²) >= 11 is 0.769. The number of carbonyl (C=O) groups is 1. The molecule has 0 fully saturated rings. The van der Waals surface area contributed by atoms with Gasteiger partial charge in [-0.25, -0.2) is 18.2 Å². The third-order valence-corrected chi connectivity index (χ3v) is 5.90. The number of anilines is 1. The van der Waals surface area contributed by atoms with E-state index in [1.165, 1.54) is 19.7 Å². The first kappa shape index (κ1) is 15.3. The number of nitrogens with zero attached hydrogens (tertiary/aromatic N) is 2. The molecular weight excluding hydrogens is 316 g/mol. The molecule has 21 heavy (non-hydrogen) atoms. The zero-order valence-electron chi connectivity index (χ0n) is 11.2. The van der Waals surface area contributed by atoms with E-state index in [1.54, 1.807) is 24.3 Å². The lowest BCUT2D eigenvalue weighted by Crippen LogP contribution is -2.27. The molecule has 0 saturated carbocycles. The fraction of sp³-hybridized carbons (Fsp3) is 0.167. The number of benzene rings is 1. The Labute approximate surface area is 125 Å². The molecule has 0 spiro atoms. The summed E-state index contributed by atoms with van der Waals surface area (Å²) in [4.78, 5) is 14.6. The first-order valence-corrected chi connectivity index (χ1v) is 7.99. The first-order chi connectivity index (χ1) is 9.87. The van der Waals surface area contributed by atoms with Crippen LogP contribution in [-0.4, -0.2) is 38.6 Å². The molecule has 1 N–H and O–H groups in total. The number of methoxy groups -OCH3 is 1. The highest BCUT2D eigenvalue weighted by Crippen LogP contribution is 2.28. The Hall–Kier alpha value is -2.13. The number of hydrogen-bond donors (Lipinski definition) is 1. The molecule has 0 aliphatic heterocycles. The van der Waals surface area contributed by atoms with Crippen LogP contribution in [0.3, 0.4) is 0 Å². The van der Waals surface area contributed by atoms with Crippen LogP contribution in [0.2, 0.25) is 0 Å². The fourth-order valence-corrected chi connectivity index (χ4v) is 4.10. The molecule has 0 amide bonds. The lowest BCUT2D eigenvalue weighted by molar-refractivity contribution is 0.0687. The number of ether oxygens (including phenoxy) is 1. The van der Waals surface area contributed by atoms with Crippen molar-refractivity contribution < 1.29 is 23.1 Å². The Kier molecular flexibility index (Phi) is 4.14. The summed E-state index contributed by atoms with van der Waals surface area (Å²) in [5, 5.41) is 8.98. The maximum atomic E-state index is 12.5. The van der Waals surface area contributed by atoms with Crippen LogP contribution in [-0.2, 0) is 10.0 Å². The molecule has 0 radical (unpaired) electrons. The Morgan fingerprint density at radius 3 is 2.48 bits per heavy atom. The molecule has 1 aromatic carbocycles. The van der Waals surface area contributed by atoms with Gasteiger partial charge >= 0.3 is 5.97 Å². The largest absolute Gasteiger partial charge is 0.497 e. The third kappa shape index (κ3) is 2.83. The van der Waals surface area contributed by atoms with E-state index in [4.69, 9.17) is 9.84 Å². The quantitative estimate of drug-likeness (QED) is 0.897. The highest BCUT2D eigenvalue weighted by atomic mass is 32.2. The van der Waals surface area contributed by atoms with Gasteiger partial charge in [0.2, 0.25) is 0 Å². The smallest absolute Gasteiger partial charge is 0.356 e. The summed E-state index contributed by atoms with van der Waals surface area (Å²) in [7, 11) is -1.12. The molecule has 9 heteroatoms. The van der Waals surface area contributed by atoms with Crippen molar-refractivity contribution in [1.82, 2.24) is 4.98 Å². The summed E-state index contributed by atoms with van der Waals surface area (Å²) in [6.07, 6.45) is 0. The van der Waals surface area contributed by atoms with Gasteiger partial charge in [-0.2, -0.15) is 0 Å². The topological polar surface area (TPSA) is 96.8 Å². The predicted molar refractivity (Wildman–Crippen MR) is 77.7 cm³/mol.